The maximum atomic E-state index is 11.4. The Morgan fingerprint density at radius 3 is 2.50 bits per heavy atom. The second-order valence-corrected chi connectivity index (χ2v) is 4.80. The molecule has 1 unspecified atom stereocenters. The van der Waals surface area contributed by atoms with Crippen LogP contribution in [0.3, 0.4) is 0 Å². The number of piperidine rings is 1. The highest BCUT2D eigenvalue weighted by molar-refractivity contribution is 5.94. The van der Waals surface area contributed by atoms with E-state index >= 15 is 0 Å². The highest BCUT2D eigenvalue weighted by atomic mass is 16.3. The fourth-order valence-corrected chi connectivity index (χ4v) is 2.17. The summed E-state index contributed by atoms with van der Waals surface area (Å²) >= 11 is 0. The van der Waals surface area contributed by atoms with Crippen LogP contribution >= 0.6 is 0 Å². The van der Waals surface area contributed by atoms with E-state index in [1.165, 1.54) is 7.05 Å². The van der Waals surface area contributed by atoms with Crippen molar-refractivity contribution >= 4 is 11.9 Å². The first kappa shape index (κ1) is 14.9. The van der Waals surface area contributed by atoms with Gasteiger partial charge in [0.25, 0.3) is 0 Å². The van der Waals surface area contributed by atoms with Crippen molar-refractivity contribution in [2.45, 2.75) is 32.3 Å². The van der Waals surface area contributed by atoms with Crippen LogP contribution in [-0.4, -0.2) is 54.7 Å². The van der Waals surface area contributed by atoms with E-state index in [4.69, 9.17) is 0 Å². The molecule has 1 aliphatic heterocycles. The third-order valence-electron chi connectivity index (χ3n) is 3.45. The van der Waals surface area contributed by atoms with Gasteiger partial charge < -0.3 is 15.3 Å². The van der Waals surface area contributed by atoms with Crippen molar-refractivity contribution in [2.24, 2.45) is 5.92 Å². The van der Waals surface area contributed by atoms with Gasteiger partial charge in [-0.25, -0.2) is 4.79 Å². The summed E-state index contributed by atoms with van der Waals surface area (Å²) in [6.07, 6.45) is 2.01. The second-order valence-electron chi connectivity index (χ2n) is 4.80. The predicted molar refractivity (Wildman–Crippen MR) is 68.1 cm³/mol. The van der Waals surface area contributed by atoms with E-state index in [2.05, 4.69) is 15.5 Å². The van der Waals surface area contributed by atoms with Gasteiger partial charge in [0.2, 0.25) is 5.91 Å². The second kappa shape index (κ2) is 7.33. The number of likely N-dealkylation sites (tertiary alicyclic amines) is 1. The summed E-state index contributed by atoms with van der Waals surface area (Å²) in [7, 11) is 1.48. The Labute approximate surface area is 108 Å². The molecule has 0 bridgehead atoms. The van der Waals surface area contributed by atoms with Crippen LogP contribution in [0.15, 0.2) is 0 Å². The first-order chi connectivity index (χ1) is 8.52. The third kappa shape index (κ3) is 5.01. The molecule has 0 aromatic heterocycles. The number of carbonyl (C=O) groups excluding carboxylic acids is 2. The van der Waals surface area contributed by atoms with Gasteiger partial charge in [-0.2, -0.15) is 0 Å². The van der Waals surface area contributed by atoms with Crippen LogP contribution in [-0.2, 0) is 4.79 Å². The molecule has 0 aliphatic carbocycles. The first-order valence-corrected chi connectivity index (χ1v) is 6.45. The summed E-state index contributed by atoms with van der Waals surface area (Å²) in [6, 6.07) is -0.465. The van der Waals surface area contributed by atoms with E-state index in [-0.39, 0.29) is 12.0 Å². The molecule has 18 heavy (non-hydrogen) atoms. The van der Waals surface area contributed by atoms with E-state index < -0.39 is 6.03 Å². The van der Waals surface area contributed by atoms with Gasteiger partial charge in [0, 0.05) is 20.0 Å². The summed E-state index contributed by atoms with van der Waals surface area (Å²) in [5.41, 5.74) is 0. The predicted octanol–water partition coefficient (Wildman–Crippen LogP) is -0.0751. The minimum Gasteiger partial charge on any atom is -0.393 e. The number of nitrogens with zero attached hydrogens (tertiary/aromatic N) is 1. The molecule has 0 spiro atoms. The summed E-state index contributed by atoms with van der Waals surface area (Å²) < 4.78 is 0. The number of nitrogens with one attached hydrogen (secondary N) is 2. The summed E-state index contributed by atoms with van der Waals surface area (Å²) in [4.78, 5) is 24.5. The topological polar surface area (TPSA) is 81.7 Å². The lowest BCUT2D eigenvalue weighted by Crippen LogP contribution is -2.41. The Morgan fingerprint density at radius 2 is 2.00 bits per heavy atom. The molecule has 1 atom stereocenters. The van der Waals surface area contributed by atoms with Crippen molar-refractivity contribution in [3.8, 4) is 0 Å². The summed E-state index contributed by atoms with van der Waals surface area (Å²) in [5.74, 6) is 0.118. The van der Waals surface area contributed by atoms with Gasteiger partial charge in [0.05, 0.1) is 6.10 Å². The fraction of sp³-hybridized carbons (Fsp3) is 0.833. The summed E-state index contributed by atoms with van der Waals surface area (Å²) in [6.45, 7) is 4.30. The smallest absolute Gasteiger partial charge is 0.321 e. The minimum absolute atomic E-state index is 0.247. The zero-order valence-electron chi connectivity index (χ0n) is 11.1. The molecule has 0 aromatic rings. The molecule has 104 valence electrons. The van der Waals surface area contributed by atoms with Gasteiger partial charge in [-0.3, -0.25) is 10.1 Å². The van der Waals surface area contributed by atoms with Gasteiger partial charge >= 0.3 is 6.03 Å². The SMILES string of the molecule is CNC(=O)NC(=O)CCN1CCC(C(C)O)CC1. The number of carbonyl (C=O) groups is 2. The first-order valence-electron chi connectivity index (χ1n) is 6.45. The third-order valence-corrected chi connectivity index (χ3v) is 3.45. The van der Waals surface area contributed by atoms with Crippen molar-refractivity contribution in [3.63, 3.8) is 0 Å². The van der Waals surface area contributed by atoms with E-state index in [1.54, 1.807) is 0 Å². The fourth-order valence-electron chi connectivity index (χ4n) is 2.17. The molecule has 1 heterocycles. The molecule has 1 aliphatic rings. The lowest BCUT2D eigenvalue weighted by atomic mass is 9.92. The average Bonchev–Trinajstić information content (AvgIpc) is 2.36. The Morgan fingerprint density at radius 1 is 1.39 bits per heavy atom. The van der Waals surface area contributed by atoms with Crippen LogP contribution in [0.5, 0.6) is 0 Å². The molecule has 6 nitrogen and oxygen atoms in total. The van der Waals surface area contributed by atoms with E-state index in [9.17, 15) is 14.7 Å². The largest absolute Gasteiger partial charge is 0.393 e. The Hall–Kier alpha value is -1.14. The number of amides is 3. The van der Waals surface area contributed by atoms with Gasteiger partial charge in [-0.15, -0.1) is 0 Å². The van der Waals surface area contributed by atoms with Crippen LogP contribution in [0.2, 0.25) is 0 Å². The molecule has 1 saturated heterocycles. The highest BCUT2D eigenvalue weighted by Crippen LogP contribution is 2.20. The van der Waals surface area contributed by atoms with Crippen LogP contribution in [0, 0.1) is 5.92 Å². The quantitative estimate of drug-likeness (QED) is 0.658. The molecule has 1 fully saturated rings. The molecular formula is C12H23N3O3. The molecule has 0 radical (unpaired) electrons. The Bertz CT molecular complexity index is 286. The standard InChI is InChI=1S/C12H23N3O3/c1-9(16)10-3-6-15(7-4-10)8-5-11(17)14-12(18)13-2/h9-10,16H,3-8H2,1-2H3,(H2,13,14,17,18). The monoisotopic (exact) mass is 257 g/mol. The van der Waals surface area contributed by atoms with E-state index in [0.29, 0.717) is 18.9 Å². The maximum absolute atomic E-state index is 11.4. The number of aliphatic hydroxyl groups excluding tert-OH is 1. The van der Waals surface area contributed by atoms with Crippen molar-refractivity contribution in [3.05, 3.63) is 0 Å². The van der Waals surface area contributed by atoms with Crippen LogP contribution in [0.4, 0.5) is 4.79 Å². The number of rotatable bonds is 4. The van der Waals surface area contributed by atoms with Crippen LogP contribution < -0.4 is 10.6 Å². The molecule has 0 aromatic carbocycles. The van der Waals surface area contributed by atoms with Gasteiger partial charge in [-0.1, -0.05) is 0 Å². The van der Waals surface area contributed by atoms with Gasteiger partial charge in [-0.05, 0) is 38.8 Å². The van der Waals surface area contributed by atoms with Crippen LogP contribution in [0.25, 0.3) is 0 Å². The van der Waals surface area contributed by atoms with Crippen molar-refractivity contribution in [1.29, 1.82) is 0 Å². The molecule has 0 saturated carbocycles. The maximum Gasteiger partial charge on any atom is 0.321 e. The molecule has 3 amide bonds. The summed E-state index contributed by atoms with van der Waals surface area (Å²) in [5, 5.41) is 14.1. The molecule has 1 rings (SSSR count). The van der Waals surface area contributed by atoms with E-state index in [1.807, 2.05) is 6.92 Å². The van der Waals surface area contributed by atoms with Crippen molar-refractivity contribution < 1.29 is 14.7 Å². The lowest BCUT2D eigenvalue weighted by molar-refractivity contribution is -0.120. The number of hydrogen-bond acceptors (Lipinski definition) is 4. The number of imide groups is 1. The van der Waals surface area contributed by atoms with Gasteiger partial charge in [0.15, 0.2) is 0 Å². The van der Waals surface area contributed by atoms with Crippen LogP contribution in [0.1, 0.15) is 26.2 Å². The van der Waals surface area contributed by atoms with Crippen molar-refractivity contribution in [1.82, 2.24) is 15.5 Å². The normalized spacial score (nSPS) is 19.3. The molecule has 3 N–H and O–H groups in total. The zero-order chi connectivity index (χ0) is 13.5. The number of aliphatic hydroxyl groups is 1. The number of urea groups is 1. The highest BCUT2D eigenvalue weighted by Gasteiger charge is 2.22. The van der Waals surface area contributed by atoms with Crippen molar-refractivity contribution in [2.75, 3.05) is 26.7 Å². The molecule has 6 heteroatoms. The number of hydrogen-bond donors (Lipinski definition) is 3. The average molecular weight is 257 g/mol. The lowest BCUT2D eigenvalue weighted by Gasteiger charge is -2.33. The zero-order valence-corrected chi connectivity index (χ0v) is 11.1. The van der Waals surface area contributed by atoms with Gasteiger partial charge in [0.1, 0.15) is 0 Å². The Kier molecular flexibility index (Phi) is 6.07. The molecular weight excluding hydrogens is 234 g/mol. The Balaban J connectivity index is 2.18. The van der Waals surface area contributed by atoms with E-state index in [0.717, 1.165) is 25.9 Å². The minimum atomic E-state index is -0.465.